The Morgan fingerprint density at radius 3 is 2.30 bits per heavy atom. The summed E-state index contributed by atoms with van der Waals surface area (Å²) >= 11 is 0. The second-order valence-corrected chi connectivity index (χ2v) is 3.45. The summed E-state index contributed by atoms with van der Waals surface area (Å²) in [7, 11) is 0. The van der Waals surface area contributed by atoms with Gasteiger partial charge in [0, 0.05) is 0 Å². The van der Waals surface area contributed by atoms with Crippen molar-refractivity contribution in [2.24, 2.45) is 11.1 Å². The van der Waals surface area contributed by atoms with Crippen LogP contribution in [0.2, 0.25) is 0 Å². The lowest BCUT2D eigenvalue weighted by atomic mass is 9.82. The van der Waals surface area contributed by atoms with Crippen molar-refractivity contribution in [3.8, 4) is 0 Å². The molecule has 3 N–H and O–H groups in total. The summed E-state index contributed by atoms with van der Waals surface area (Å²) < 4.78 is 0. The van der Waals surface area contributed by atoms with Crippen LogP contribution in [0.5, 0.6) is 0 Å². The normalized spacial score (nSPS) is 15.3. The van der Waals surface area contributed by atoms with Crippen molar-refractivity contribution in [2.45, 2.75) is 39.7 Å². The molecular formula is C8H19NO. The van der Waals surface area contributed by atoms with E-state index in [1.807, 2.05) is 20.8 Å². The van der Waals surface area contributed by atoms with Gasteiger partial charge in [-0.2, -0.15) is 0 Å². The third-order valence-electron chi connectivity index (χ3n) is 2.08. The number of hydrogen-bond donors (Lipinski definition) is 2. The fourth-order valence-corrected chi connectivity index (χ4v) is 1.09. The molecule has 0 saturated carbocycles. The minimum absolute atomic E-state index is 0.0104. The first-order chi connectivity index (χ1) is 4.54. The average Bonchev–Trinajstić information content (AvgIpc) is 1.86. The fraction of sp³-hybridized carbons (Fsp3) is 1.00. The molecular weight excluding hydrogens is 126 g/mol. The van der Waals surface area contributed by atoms with E-state index in [0.717, 1.165) is 12.8 Å². The molecule has 0 aliphatic rings. The zero-order valence-corrected chi connectivity index (χ0v) is 7.22. The molecule has 0 fully saturated rings. The first-order valence-electron chi connectivity index (χ1n) is 3.92. The maximum Gasteiger partial charge on any atom is 0.0589 e. The van der Waals surface area contributed by atoms with Crippen LogP contribution in [-0.4, -0.2) is 17.8 Å². The molecule has 0 heterocycles. The second-order valence-electron chi connectivity index (χ2n) is 3.45. The van der Waals surface area contributed by atoms with Gasteiger partial charge in [-0.3, -0.25) is 0 Å². The van der Waals surface area contributed by atoms with Crippen LogP contribution in [-0.2, 0) is 0 Å². The highest BCUT2D eigenvalue weighted by molar-refractivity contribution is 4.76. The topological polar surface area (TPSA) is 46.2 Å². The van der Waals surface area contributed by atoms with Gasteiger partial charge in [0.1, 0.15) is 0 Å². The summed E-state index contributed by atoms with van der Waals surface area (Å²) in [6, 6.07) is 0. The molecule has 1 atom stereocenters. The van der Waals surface area contributed by atoms with E-state index in [0.29, 0.717) is 6.54 Å². The van der Waals surface area contributed by atoms with E-state index in [9.17, 15) is 5.11 Å². The highest BCUT2D eigenvalue weighted by Crippen LogP contribution is 2.25. The van der Waals surface area contributed by atoms with Gasteiger partial charge in [-0.1, -0.05) is 20.8 Å². The van der Waals surface area contributed by atoms with Crippen LogP contribution in [0.15, 0.2) is 0 Å². The molecule has 0 radical (unpaired) electrons. The van der Waals surface area contributed by atoms with Gasteiger partial charge in [-0.15, -0.1) is 0 Å². The Kier molecular flexibility index (Phi) is 3.91. The van der Waals surface area contributed by atoms with Crippen LogP contribution in [0.25, 0.3) is 0 Å². The molecule has 10 heavy (non-hydrogen) atoms. The number of hydrogen-bond acceptors (Lipinski definition) is 2. The predicted octanol–water partition coefficient (Wildman–Crippen LogP) is 1.13. The molecule has 0 aliphatic heterocycles. The Labute approximate surface area is 63.4 Å². The van der Waals surface area contributed by atoms with Crippen LogP contribution >= 0.6 is 0 Å². The van der Waals surface area contributed by atoms with Crippen molar-refractivity contribution >= 4 is 0 Å². The maximum absolute atomic E-state index is 9.46. The van der Waals surface area contributed by atoms with Crippen LogP contribution in [0.1, 0.15) is 33.6 Å². The Balaban J connectivity index is 3.82. The lowest BCUT2D eigenvalue weighted by Crippen LogP contribution is -2.30. The number of rotatable bonds is 4. The predicted molar refractivity (Wildman–Crippen MR) is 43.8 cm³/mol. The molecule has 0 aromatic heterocycles. The first kappa shape index (κ1) is 9.92. The third kappa shape index (κ3) is 2.67. The van der Waals surface area contributed by atoms with E-state index in [2.05, 4.69) is 0 Å². The van der Waals surface area contributed by atoms with Crippen molar-refractivity contribution in [1.29, 1.82) is 0 Å². The van der Waals surface area contributed by atoms with Crippen molar-refractivity contribution in [3.63, 3.8) is 0 Å². The van der Waals surface area contributed by atoms with Crippen LogP contribution in [0.3, 0.4) is 0 Å². The molecule has 62 valence electrons. The Morgan fingerprint density at radius 2 is 2.00 bits per heavy atom. The van der Waals surface area contributed by atoms with Crippen molar-refractivity contribution in [3.05, 3.63) is 0 Å². The fourth-order valence-electron chi connectivity index (χ4n) is 1.09. The monoisotopic (exact) mass is 145 g/mol. The number of nitrogens with two attached hydrogens (primary N) is 1. The van der Waals surface area contributed by atoms with E-state index in [-0.39, 0.29) is 11.5 Å². The maximum atomic E-state index is 9.46. The molecule has 0 saturated heterocycles. The molecule has 0 aromatic carbocycles. The van der Waals surface area contributed by atoms with Gasteiger partial charge in [0.25, 0.3) is 0 Å². The minimum Gasteiger partial charge on any atom is -0.393 e. The van der Waals surface area contributed by atoms with Gasteiger partial charge in [0.2, 0.25) is 0 Å². The molecule has 0 amide bonds. The second kappa shape index (κ2) is 3.94. The zero-order valence-electron chi connectivity index (χ0n) is 7.22. The molecule has 0 bridgehead atoms. The minimum atomic E-state index is -0.212. The van der Waals surface area contributed by atoms with E-state index < -0.39 is 0 Å². The van der Waals surface area contributed by atoms with E-state index >= 15 is 0 Å². The SMILES string of the molecule is CCC(O)C(C)(C)CCN. The summed E-state index contributed by atoms with van der Waals surface area (Å²) in [4.78, 5) is 0. The van der Waals surface area contributed by atoms with Gasteiger partial charge in [-0.05, 0) is 24.8 Å². The average molecular weight is 145 g/mol. The quantitative estimate of drug-likeness (QED) is 0.623. The van der Waals surface area contributed by atoms with Gasteiger partial charge in [0.15, 0.2) is 0 Å². The zero-order chi connectivity index (χ0) is 8.20. The van der Waals surface area contributed by atoms with Crippen molar-refractivity contribution in [2.75, 3.05) is 6.54 Å². The largest absolute Gasteiger partial charge is 0.393 e. The van der Waals surface area contributed by atoms with Gasteiger partial charge in [0.05, 0.1) is 6.10 Å². The molecule has 0 aromatic rings. The molecule has 0 spiro atoms. The lowest BCUT2D eigenvalue weighted by molar-refractivity contribution is 0.0429. The molecule has 0 aliphatic carbocycles. The summed E-state index contributed by atoms with van der Waals surface area (Å²) in [5.41, 5.74) is 5.39. The third-order valence-corrected chi connectivity index (χ3v) is 2.08. The van der Waals surface area contributed by atoms with Gasteiger partial charge < -0.3 is 10.8 Å². The first-order valence-corrected chi connectivity index (χ1v) is 3.92. The van der Waals surface area contributed by atoms with E-state index in [1.54, 1.807) is 0 Å². The van der Waals surface area contributed by atoms with Crippen molar-refractivity contribution in [1.82, 2.24) is 0 Å². The molecule has 2 heteroatoms. The van der Waals surface area contributed by atoms with Crippen LogP contribution in [0, 0.1) is 5.41 Å². The Hall–Kier alpha value is -0.0800. The summed E-state index contributed by atoms with van der Waals surface area (Å²) in [6.45, 7) is 6.75. The van der Waals surface area contributed by atoms with E-state index in [1.165, 1.54) is 0 Å². The van der Waals surface area contributed by atoms with Crippen LogP contribution in [0.4, 0.5) is 0 Å². The smallest absolute Gasteiger partial charge is 0.0589 e. The number of aliphatic hydroxyl groups excluding tert-OH is 1. The Morgan fingerprint density at radius 1 is 1.50 bits per heavy atom. The summed E-state index contributed by atoms with van der Waals surface area (Å²) in [5, 5.41) is 9.46. The van der Waals surface area contributed by atoms with E-state index in [4.69, 9.17) is 5.73 Å². The lowest BCUT2D eigenvalue weighted by Gasteiger charge is -2.29. The number of aliphatic hydroxyl groups is 1. The summed E-state index contributed by atoms with van der Waals surface area (Å²) in [5.74, 6) is 0. The van der Waals surface area contributed by atoms with Gasteiger partial charge >= 0.3 is 0 Å². The van der Waals surface area contributed by atoms with Crippen LogP contribution < -0.4 is 5.73 Å². The standard InChI is InChI=1S/C8H19NO/c1-4-7(10)8(2,3)5-6-9/h7,10H,4-6,9H2,1-3H3. The molecule has 2 nitrogen and oxygen atoms in total. The van der Waals surface area contributed by atoms with Gasteiger partial charge in [-0.25, -0.2) is 0 Å². The highest BCUT2D eigenvalue weighted by atomic mass is 16.3. The highest BCUT2D eigenvalue weighted by Gasteiger charge is 2.24. The Bertz CT molecular complexity index is 91.3. The molecule has 0 rings (SSSR count). The summed E-state index contributed by atoms with van der Waals surface area (Å²) in [6.07, 6.45) is 1.49. The molecule has 1 unspecified atom stereocenters. The van der Waals surface area contributed by atoms with Crippen molar-refractivity contribution < 1.29 is 5.11 Å².